The molecule has 0 amide bonds. The summed E-state index contributed by atoms with van der Waals surface area (Å²) >= 11 is 6.82. The molecular formula is C14H9Br2N3. The van der Waals surface area contributed by atoms with E-state index in [2.05, 4.69) is 42.9 Å². The highest BCUT2D eigenvalue weighted by Crippen LogP contribution is 2.27. The van der Waals surface area contributed by atoms with Crippen molar-refractivity contribution in [3.63, 3.8) is 0 Å². The van der Waals surface area contributed by atoms with Crippen LogP contribution in [0.4, 0.5) is 0 Å². The van der Waals surface area contributed by atoms with Crippen LogP contribution in [0.5, 0.6) is 0 Å². The Morgan fingerprint density at radius 2 is 1.63 bits per heavy atom. The summed E-state index contributed by atoms with van der Waals surface area (Å²) in [6, 6.07) is 11.3. The Bertz CT molecular complexity index is 653. The van der Waals surface area contributed by atoms with Gasteiger partial charge in [0.2, 0.25) is 0 Å². The molecule has 0 saturated carbocycles. The zero-order valence-electron chi connectivity index (χ0n) is 9.77. The number of hydrogen-bond acceptors (Lipinski definition) is 3. The first-order valence-electron chi connectivity index (χ1n) is 5.38. The molecule has 5 heteroatoms. The predicted octanol–water partition coefficient (Wildman–Crippen LogP) is 3.96. The lowest BCUT2D eigenvalue weighted by Crippen LogP contribution is -2.01. The summed E-state index contributed by atoms with van der Waals surface area (Å²) in [5, 5.41) is 9.32. The molecule has 1 heterocycles. The normalized spacial score (nSPS) is 11.6. The van der Waals surface area contributed by atoms with Gasteiger partial charge in [0, 0.05) is 26.9 Å². The highest BCUT2D eigenvalue weighted by molar-refractivity contribution is 9.11. The molecule has 0 aliphatic carbocycles. The third-order valence-electron chi connectivity index (χ3n) is 2.52. The van der Waals surface area contributed by atoms with Gasteiger partial charge in [0.15, 0.2) is 0 Å². The fourth-order valence-corrected chi connectivity index (χ4v) is 2.95. The zero-order chi connectivity index (χ0) is 13.8. The maximum absolute atomic E-state index is 9.32. The average Bonchev–Trinajstić information content (AvgIpc) is 2.39. The molecule has 0 fully saturated rings. The number of pyridine rings is 1. The van der Waals surface area contributed by atoms with Gasteiger partial charge < -0.3 is 5.73 Å². The summed E-state index contributed by atoms with van der Waals surface area (Å²) in [5.41, 5.74) is 8.53. The highest BCUT2D eigenvalue weighted by atomic mass is 79.9. The predicted molar refractivity (Wildman–Crippen MR) is 82.7 cm³/mol. The number of aromatic nitrogens is 1. The van der Waals surface area contributed by atoms with Crippen LogP contribution in [0, 0.1) is 11.3 Å². The number of halogens is 2. The van der Waals surface area contributed by atoms with Crippen LogP contribution in [-0.4, -0.2) is 4.98 Å². The second-order valence-electron chi connectivity index (χ2n) is 3.79. The average molecular weight is 379 g/mol. The van der Waals surface area contributed by atoms with E-state index in [1.54, 1.807) is 24.5 Å². The Hall–Kier alpha value is -1.64. The number of allylic oxidation sites excluding steroid dienone is 1. The standard InChI is InChI=1S/C14H9Br2N3/c15-11-5-10(6-12(16)7-11)14(18)13(8-17)9-1-3-19-4-2-9/h1-7H,18H2/b14-13-. The van der Waals surface area contributed by atoms with Crippen LogP contribution in [0.2, 0.25) is 0 Å². The summed E-state index contributed by atoms with van der Waals surface area (Å²) in [4.78, 5) is 3.93. The quantitative estimate of drug-likeness (QED) is 0.804. The molecule has 1 aromatic carbocycles. The van der Waals surface area contributed by atoms with Gasteiger partial charge in [0.25, 0.3) is 0 Å². The van der Waals surface area contributed by atoms with Crippen molar-refractivity contribution in [3.8, 4) is 6.07 Å². The number of benzene rings is 1. The Balaban J connectivity index is 2.59. The van der Waals surface area contributed by atoms with E-state index in [4.69, 9.17) is 5.73 Å². The molecule has 2 rings (SSSR count). The largest absolute Gasteiger partial charge is 0.397 e. The molecule has 2 aromatic rings. The Morgan fingerprint density at radius 1 is 1.05 bits per heavy atom. The number of nitrogens with two attached hydrogens (primary N) is 1. The van der Waals surface area contributed by atoms with Crippen LogP contribution in [0.25, 0.3) is 11.3 Å². The number of hydrogen-bond donors (Lipinski definition) is 1. The molecule has 3 nitrogen and oxygen atoms in total. The van der Waals surface area contributed by atoms with Gasteiger partial charge in [-0.3, -0.25) is 4.98 Å². The van der Waals surface area contributed by atoms with Crippen molar-refractivity contribution in [1.82, 2.24) is 4.98 Å². The van der Waals surface area contributed by atoms with Crippen LogP contribution in [0.3, 0.4) is 0 Å². The van der Waals surface area contributed by atoms with Crippen molar-refractivity contribution in [2.45, 2.75) is 0 Å². The minimum atomic E-state index is 0.437. The van der Waals surface area contributed by atoms with Crippen LogP contribution < -0.4 is 5.73 Å². The molecule has 1 aromatic heterocycles. The van der Waals surface area contributed by atoms with Gasteiger partial charge in [-0.1, -0.05) is 31.9 Å². The van der Waals surface area contributed by atoms with E-state index in [9.17, 15) is 5.26 Å². The van der Waals surface area contributed by atoms with Gasteiger partial charge in [-0.25, -0.2) is 0 Å². The molecule has 94 valence electrons. The monoisotopic (exact) mass is 377 g/mol. The van der Waals surface area contributed by atoms with E-state index in [0.717, 1.165) is 20.1 Å². The second-order valence-corrected chi connectivity index (χ2v) is 5.63. The minimum absolute atomic E-state index is 0.437. The lowest BCUT2D eigenvalue weighted by molar-refractivity contribution is 1.31. The lowest BCUT2D eigenvalue weighted by atomic mass is 10.0. The first-order chi connectivity index (χ1) is 9.11. The molecule has 2 N–H and O–H groups in total. The van der Waals surface area contributed by atoms with Gasteiger partial charge in [-0.05, 0) is 35.9 Å². The lowest BCUT2D eigenvalue weighted by Gasteiger charge is -2.07. The van der Waals surface area contributed by atoms with Crippen molar-refractivity contribution >= 4 is 43.1 Å². The fourth-order valence-electron chi connectivity index (χ4n) is 1.65. The van der Waals surface area contributed by atoms with Crippen molar-refractivity contribution in [1.29, 1.82) is 5.26 Å². The van der Waals surface area contributed by atoms with Crippen LogP contribution in [0.15, 0.2) is 51.7 Å². The van der Waals surface area contributed by atoms with Crippen LogP contribution in [-0.2, 0) is 0 Å². The maximum Gasteiger partial charge on any atom is 0.102 e. The van der Waals surface area contributed by atoms with Gasteiger partial charge in [0.1, 0.15) is 6.07 Å². The molecule has 0 aliphatic heterocycles. The van der Waals surface area contributed by atoms with E-state index in [1.807, 2.05) is 18.2 Å². The van der Waals surface area contributed by atoms with E-state index < -0.39 is 0 Å². The molecule has 0 bridgehead atoms. The van der Waals surface area contributed by atoms with E-state index in [0.29, 0.717) is 11.3 Å². The number of rotatable bonds is 2. The topological polar surface area (TPSA) is 62.7 Å². The summed E-state index contributed by atoms with van der Waals surface area (Å²) in [7, 11) is 0. The van der Waals surface area contributed by atoms with Crippen molar-refractivity contribution in [2.24, 2.45) is 5.73 Å². The van der Waals surface area contributed by atoms with Gasteiger partial charge >= 0.3 is 0 Å². The molecule has 0 radical (unpaired) electrons. The summed E-state index contributed by atoms with van der Waals surface area (Å²) in [6.07, 6.45) is 3.27. The minimum Gasteiger partial charge on any atom is -0.397 e. The first kappa shape index (κ1) is 13.8. The molecule has 0 aliphatic rings. The third kappa shape index (κ3) is 3.22. The van der Waals surface area contributed by atoms with Crippen LogP contribution >= 0.6 is 31.9 Å². The molecule has 0 spiro atoms. The Labute approximate surface area is 128 Å². The first-order valence-corrected chi connectivity index (χ1v) is 6.97. The molecule has 0 saturated heterocycles. The molecule has 19 heavy (non-hydrogen) atoms. The third-order valence-corrected chi connectivity index (χ3v) is 3.44. The molecule has 0 unspecified atom stereocenters. The highest BCUT2D eigenvalue weighted by Gasteiger charge is 2.09. The zero-order valence-corrected chi connectivity index (χ0v) is 12.9. The summed E-state index contributed by atoms with van der Waals surface area (Å²) in [5.74, 6) is 0. The second kappa shape index (κ2) is 6.00. The fraction of sp³-hybridized carbons (Fsp3) is 0. The SMILES string of the molecule is N#C/C(=C(/N)c1cc(Br)cc(Br)c1)c1ccncc1. The summed E-state index contributed by atoms with van der Waals surface area (Å²) < 4.78 is 1.79. The van der Waals surface area contributed by atoms with Gasteiger partial charge in [-0.15, -0.1) is 0 Å². The van der Waals surface area contributed by atoms with E-state index in [-0.39, 0.29) is 0 Å². The Kier molecular flexibility index (Phi) is 4.35. The van der Waals surface area contributed by atoms with Crippen molar-refractivity contribution < 1.29 is 0 Å². The van der Waals surface area contributed by atoms with Gasteiger partial charge in [0.05, 0.1) is 11.3 Å². The summed E-state index contributed by atoms with van der Waals surface area (Å²) in [6.45, 7) is 0. The molecular weight excluding hydrogens is 370 g/mol. The van der Waals surface area contributed by atoms with Gasteiger partial charge in [-0.2, -0.15) is 5.26 Å². The number of nitrogens with zero attached hydrogens (tertiary/aromatic N) is 2. The Morgan fingerprint density at radius 3 is 2.16 bits per heavy atom. The van der Waals surface area contributed by atoms with Crippen LogP contribution in [0.1, 0.15) is 11.1 Å². The van der Waals surface area contributed by atoms with E-state index >= 15 is 0 Å². The molecule has 0 atom stereocenters. The smallest absolute Gasteiger partial charge is 0.102 e. The van der Waals surface area contributed by atoms with Crippen molar-refractivity contribution in [2.75, 3.05) is 0 Å². The maximum atomic E-state index is 9.32. The number of nitriles is 1. The van der Waals surface area contributed by atoms with Crippen molar-refractivity contribution in [3.05, 3.63) is 62.8 Å². The van der Waals surface area contributed by atoms with E-state index in [1.165, 1.54) is 0 Å².